The van der Waals surface area contributed by atoms with Crippen LogP contribution in [0, 0.1) is 5.82 Å². The van der Waals surface area contributed by atoms with E-state index in [1.165, 1.54) is 12.1 Å². The van der Waals surface area contributed by atoms with Gasteiger partial charge in [-0.3, -0.25) is 4.79 Å². The number of nitrogens with zero attached hydrogens (tertiary/aromatic N) is 1. The molecule has 6 heteroatoms. The number of ether oxygens (including phenoxy) is 2. The number of hydrogen-bond acceptors (Lipinski definition) is 3. The number of rotatable bonds is 3. The van der Waals surface area contributed by atoms with E-state index in [4.69, 9.17) is 21.1 Å². The zero-order valence-electron chi connectivity index (χ0n) is 13.2. The molecule has 1 amide bonds. The van der Waals surface area contributed by atoms with Gasteiger partial charge in [0.2, 0.25) is 0 Å². The second-order valence-corrected chi connectivity index (χ2v) is 6.03. The molecule has 0 atom stereocenters. The van der Waals surface area contributed by atoms with Crippen molar-refractivity contribution in [2.24, 2.45) is 0 Å². The van der Waals surface area contributed by atoms with Crippen molar-refractivity contribution in [2.45, 2.75) is 13.0 Å². The third-order valence-corrected chi connectivity index (χ3v) is 4.01. The molecule has 0 spiro atoms. The highest BCUT2D eigenvalue weighted by Gasteiger charge is 2.20. The Balaban J connectivity index is 1.80. The highest BCUT2D eigenvalue weighted by atomic mass is 35.5. The maximum absolute atomic E-state index is 13.0. The second-order valence-electron chi connectivity index (χ2n) is 5.62. The molecule has 4 nitrogen and oxygen atoms in total. The second kappa shape index (κ2) is 7.09. The van der Waals surface area contributed by atoms with E-state index < -0.39 is 0 Å². The Hall–Kier alpha value is -2.27. The van der Waals surface area contributed by atoms with Gasteiger partial charge in [-0.2, -0.15) is 0 Å². The predicted molar refractivity (Wildman–Crippen MR) is 89.3 cm³/mol. The summed E-state index contributed by atoms with van der Waals surface area (Å²) in [6, 6.07) is 9.28. The quantitative estimate of drug-likeness (QED) is 0.843. The number of fused-ring (bicyclic) bond motifs is 1. The van der Waals surface area contributed by atoms with E-state index in [1.54, 1.807) is 36.2 Å². The van der Waals surface area contributed by atoms with E-state index in [9.17, 15) is 9.18 Å². The Morgan fingerprint density at radius 1 is 1.21 bits per heavy atom. The van der Waals surface area contributed by atoms with Crippen molar-refractivity contribution in [3.8, 4) is 11.5 Å². The highest BCUT2D eigenvalue weighted by Crippen LogP contribution is 2.38. The fourth-order valence-electron chi connectivity index (χ4n) is 2.51. The molecule has 1 aliphatic heterocycles. The Bertz CT molecular complexity index is 749. The maximum atomic E-state index is 13.0. The molecule has 0 unspecified atom stereocenters. The Morgan fingerprint density at radius 3 is 2.67 bits per heavy atom. The first kappa shape index (κ1) is 16.6. The van der Waals surface area contributed by atoms with Crippen LogP contribution in [0.5, 0.6) is 11.5 Å². The minimum absolute atomic E-state index is 0.197. The van der Waals surface area contributed by atoms with Gasteiger partial charge in [0, 0.05) is 25.6 Å². The minimum atomic E-state index is -0.303. The number of hydrogen-bond donors (Lipinski definition) is 0. The first-order valence-corrected chi connectivity index (χ1v) is 8.01. The van der Waals surface area contributed by atoms with Crippen molar-refractivity contribution >= 4 is 17.5 Å². The van der Waals surface area contributed by atoms with Crippen LogP contribution in [0.25, 0.3) is 0 Å². The standard InChI is InChI=1S/C18H17ClFNO3/c1-21(11-12-3-5-14(20)6-4-12)18(22)13-9-15(19)17-16(10-13)23-7-2-8-24-17/h3-6,9-10H,2,7-8,11H2,1H3. The molecule has 0 aliphatic carbocycles. The van der Waals surface area contributed by atoms with Crippen molar-refractivity contribution in [2.75, 3.05) is 20.3 Å². The van der Waals surface area contributed by atoms with Gasteiger partial charge in [0.25, 0.3) is 5.91 Å². The van der Waals surface area contributed by atoms with Crippen LogP contribution < -0.4 is 9.47 Å². The fourth-order valence-corrected chi connectivity index (χ4v) is 2.78. The van der Waals surface area contributed by atoms with Crippen LogP contribution in [0.3, 0.4) is 0 Å². The number of carbonyl (C=O) groups excluding carboxylic acids is 1. The lowest BCUT2D eigenvalue weighted by molar-refractivity contribution is 0.0784. The van der Waals surface area contributed by atoms with Gasteiger partial charge in [0.1, 0.15) is 5.82 Å². The zero-order valence-corrected chi connectivity index (χ0v) is 14.0. The lowest BCUT2D eigenvalue weighted by Crippen LogP contribution is -2.26. The van der Waals surface area contributed by atoms with Crippen LogP contribution in [0.15, 0.2) is 36.4 Å². The van der Waals surface area contributed by atoms with E-state index >= 15 is 0 Å². The summed E-state index contributed by atoms with van der Waals surface area (Å²) >= 11 is 6.23. The average Bonchev–Trinajstić information content (AvgIpc) is 2.82. The van der Waals surface area contributed by atoms with Gasteiger partial charge in [-0.25, -0.2) is 4.39 Å². The first-order valence-electron chi connectivity index (χ1n) is 7.63. The van der Waals surface area contributed by atoms with Crippen molar-refractivity contribution < 1.29 is 18.7 Å². The van der Waals surface area contributed by atoms with Crippen LogP contribution in [0.4, 0.5) is 4.39 Å². The molecule has 3 rings (SSSR count). The Labute approximate surface area is 144 Å². The molecule has 2 aromatic rings. The molecule has 24 heavy (non-hydrogen) atoms. The van der Waals surface area contributed by atoms with Gasteiger partial charge in [-0.15, -0.1) is 0 Å². The van der Waals surface area contributed by atoms with E-state index in [-0.39, 0.29) is 11.7 Å². The average molecular weight is 350 g/mol. The van der Waals surface area contributed by atoms with Gasteiger partial charge < -0.3 is 14.4 Å². The monoisotopic (exact) mass is 349 g/mol. The van der Waals surface area contributed by atoms with Crippen molar-refractivity contribution in [3.05, 3.63) is 58.4 Å². The third kappa shape index (κ3) is 3.62. The number of benzene rings is 2. The molecule has 1 aliphatic rings. The normalized spacial score (nSPS) is 13.3. The molecular weight excluding hydrogens is 333 g/mol. The van der Waals surface area contributed by atoms with Crippen molar-refractivity contribution in [1.82, 2.24) is 4.90 Å². The molecule has 0 fully saturated rings. The molecule has 0 N–H and O–H groups in total. The molecule has 0 radical (unpaired) electrons. The summed E-state index contributed by atoms with van der Waals surface area (Å²) in [6.07, 6.45) is 0.763. The van der Waals surface area contributed by atoms with Crippen LogP contribution in [0.1, 0.15) is 22.3 Å². The van der Waals surface area contributed by atoms with Crippen LogP contribution in [0.2, 0.25) is 5.02 Å². The van der Waals surface area contributed by atoms with Gasteiger partial charge in [-0.1, -0.05) is 23.7 Å². The van der Waals surface area contributed by atoms with Crippen LogP contribution in [-0.4, -0.2) is 31.1 Å². The van der Waals surface area contributed by atoms with Gasteiger partial charge in [0.15, 0.2) is 11.5 Å². The molecule has 0 aromatic heterocycles. The van der Waals surface area contributed by atoms with E-state index in [0.717, 1.165) is 12.0 Å². The predicted octanol–water partition coefficient (Wildman–Crippen LogP) is 3.91. The SMILES string of the molecule is CN(Cc1ccc(F)cc1)C(=O)c1cc(Cl)c2c(c1)OCCCO2. The number of amides is 1. The summed E-state index contributed by atoms with van der Waals surface area (Å²) in [5.74, 6) is 0.463. The number of carbonyl (C=O) groups is 1. The molecule has 1 heterocycles. The largest absolute Gasteiger partial charge is 0.489 e. The minimum Gasteiger partial charge on any atom is -0.489 e. The number of halogens is 2. The first-order chi connectivity index (χ1) is 11.5. The van der Waals surface area contributed by atoms with Gasteiger partial charge in [0.05, 0.1) is 18.2 Å². The summed E-state index contributed by atoms with van der Waals surface area (Å²) in [5.41, 5.74) is 1.27. The summed E-state index contributed by atoms with van der Waals surface area (Å²) in [4.78, 5) is 14.2. The summed E-state index contributed by atoms with van der Waals surface area (Å²) in [5, 5.41) is 0.355. The molecular formula is C18H17ClFNO3. The fraction of sp³-hybridized carbons (Fsp3) is 0.278. The lowest BCUT2D eigenvalue weighted by Gasteiger charge is -2.19. The molecule has 2 aromatic carbocycles. The van der Waals surface area contributed by atoms with E-state index in [2.05, 4.69) is 0 Å². The van der Waals surface area contributed by atoms with E-state index in [1.807, 2.05) is 0 Å². The van der Waals surface area contributed by atoms with Gasteiger partial charge >= 0.3 is 0 Å². The maximum Gasteiger partial charge on any atom is 0.254 e. The molecule has 126 valence electrons. The summed E-state index contributed by atoms with van der Waals surface area (Å²) in [6.45, 7) is 1.42. The van der Waals surface area contributed by atoms with E-state index in [0.29, 0.717) is 41.8 Å². The Morgan fingerprint density at radius 2 is 1.92 bits per heavy atom. The lowest BCUT2D eigenvalue weighted by atomic mass is 10.1. The van der Waals surface area contributed by atoms with Crippen LogP contribution in [-0.2, 0) is 6.54 Å². The van der Waals surface area contributed by atoms with Gasteiger partial charge in [-0.05, 0) is 29.8 Å². The molecule has 0 saturated heterocycles. The topological polar surface area (TPSA) is 38.8 Å². The molecule has 0 saturated carbocycles. The zero-order chi connectivity index (χ0) is 17.1. The summed E-state index contributed by atoms with van der Waals surface area (Å²) in [7, 11) is 1.68. The Kier molecular flexibility index (Phi) is 4.90. The molecule has 0 bridgehead atoms. The van der Waals surface area contributed by atoms with Crippen molar-refractivity contribution in [1.29, 1.82) is 0 Å². The van der Waals surface area contributed by atoms with Crippen molar-refractivity contribution in [3.63, 3.8) is 0 Å². The summed E-state index contributed by atoms with van der Waals surface area (Å²) < 4.78 is 24.1. The smallest absolute Gasteiger partial charge is 0.254 e. The third-order valence-electron chi connectivity index (χ3n) is 3.73. The van der Waals surface area contributed by atoms with Crippen LogP contribution >= 0.6 is 11.6 Å². The highest BCUT2D eigenvalue weighted by molar-refractivity contribution is 6.32.